The molecule has 1 N–H and O–H groups in total. The normalized spacial score (nSPS) is 10.7. The molecule has 2 aromatic heterocycles. The zero-order valence-corrected chi connectivity index (χ0v) is 16.1. The summed E-state index contributed by atoms with van der Waals surface area (Å²) in [5, 5.41) is 8.77. The number of carbonyl (C=O) groups excluding carboxylic acids is 1. The molecule has 146 valence electrons. The third kappa shape index (κ3) is 4.85. The summed E-state index contributed by atoms with van der Waals surface area (Å²) in [7, 11) is 0. The van der Waals surface area contributed by atoms with E-state index in [1.54, 1.807) is 40.7 Å². The van der Waals surface area contributed by atoms with Gasteiger partial charge in [-0.25, -0.2) is 14.1 Å². The van der Waals surface area contributed by atoms with E-state index in [1.165, 1.54) is 17.4 Å². The van der Waals surface area contributed by atoms with Crippen molar-refractivity contribution >= 4 is 23.2 Å². The van der Waals surface area contributed by atoms with Crippen LogP contribution in [0, 0.1) is 5.82 Å². The summed E-state index contributed by atoms with van der Waals surface area (Å²) in [6.07, 6.45) is 1.57. The molecule has 0 fully saturated rings. The second-order valence-electron chi connectivity index (χ2n) is 6.24. The average Bonchev–Trinajstić information content (AvgIpc) is 3.38. The van der Waals surface area contributed by atoms with Crippen molar-refractivity contribution in [1.29, 1.82) is 0 Å². The van der Waals surface area contributed by atoms with Crippen LogP contribution in [-0.4, -0.2) is 20.7 Å². The maximum atomic E-state index is 13.6. The lowest BCUT2D eigenvalue weighted by Gasteiger charge is -2.05. The molecule has 0 aliphatic heterocycles. The topological polar surface area (TPSA) is 69.0 Å². The highest BCUT2D eigenvalue weighted by atomic mass is 32.1. The molecule has 0 radical (unpaired) electrons. The Labute approximate surface area is 170 Å². The van der Waals surface area contributed by atoms with Gasteiger partial charge in [0.25, 0.3) is 5.91 Å². The van der Waals surface area contributed by atoms with Gasteiger partial charge in [0.2, 0.25) is 5.95 Å². The number of aromatic nitrogens is 3. The Balaban J connectivity index is 1.34. The van der Waals surface area contributed by atoms with Crippen molar-refractivity contribution in [3.8, 4) is 5.75 Å². The molecule has 29 heavy (non-hydrogen) atoms. The number of anilines is 1. The van der Waals surface area contributed by atoms with Crippen LogP contribution in [0.1, 0.15) is 20.8 Å². The van der Waals surface area contributed by atoms with E-state index < -0.39 is 5.82 Å². The Morgan fingerprint density at radius 3 is 2.72 bits per heavy atom. The standard InChI is InChI=1S/C21H17FN4O2S/c22-17-8-4-5-9-18(17)28-12-16-10-19(29-13-16)20(27)24-21-23-14-26(25-21)11-15-6-2-1-3-7-15/h1-10,13-14H,11-12H2,(H,24,25,27). The number of carbonyl (C=O) groups is 1. The van der Waals surface area contributed by atoms with Crippen LogP contribution in [0.5, 0.6) is 5.75 Å². The fraction of sp³-hybridized carbons (Fsp3) is 0.0952. The molecule has 6 nitrogen and oxygen atoms in total. The number of amides is 1. The van der Waals surface area contributed by atoms with Crippen LogP contribution in [0.15, 0.2) is 72.4 Å². The van der Waals surface area contributed by atoms with E-state index in [2.05, 4.69) is 15.4 Å². The highest BCUT2D eigenvalue weighted by Crippen LogP contribution is 2.20. The SMILES string of the molecule is O=C(Nc1ncn(Cc2ccccc2)n1)c1cc(COc2ccccc2F)cs1. The van der Waals surface area contributed by atoms with E-state index >= 15 is 0 Å². The molecule has 0 saturated heterocycles. The first-order valence-electron chi connectivity index (χ1n) is 8.87. The van der Waals surface area contributed by atoms with E-state index in [9.17, 15) is 9.18 Å². The average molecular weight is 408 g/mol. The van der Waals surface area contributed by atoms with Gasteiger partial charge in [-0.3, -0.25) is 10.1 Å². The third-order valence-electron chi connectivity index (χ3n) is 4.06. The van der Waals surface area contributed by atoms with Crippen LogP contribution in [0.3, 0.4) is 0 Å². The second-order valence-corrected chi connectivity index (χ2v) is 7.16. The number of ether oxygens (including phenoxy) is 1. The lowest BCUT2D eigenvalue weighted by molar-refractivity contribution is 0.102. The number of halogens is 1. The van der Waals surface area contributed by atoms with Gasteiger partial charge >= 0.3 is 0 Å². The van der Waals surface area contributed by atoms with E-state index in [0.717, 1.165) is 11.1 Å². The summed E-state index contributed by atoms with van der Waals surface area (Å²) in [5.74, 6) is -0.302. The van der Waals surface area contributed by atoms with Crippen molar-refractivity contribution in [3.63, 3.8) is 0 Å². The molecular formula is C21H17FN4O2S. The van der Waals surface area contributed by atoms with Crippen molar-refractivity contribution in [3.05, 3.63) is 94.2 Å². The van der Waals surface area contributed by atoms with Crippen LogP contribution < -0.4 is 10.1 Å². The minimum Gasteiger partial charge on any atom is -0.486 e. The summed E-state index contributed by atoms with van der Waals surface area (Å²) in [6.45, 7) is 0.745. The second kappa shape index (κ2) is 8.66. The molecule has 0 aliphatic carbocycles. The smallest absolute Gasteiger partial charge is 0.268 e. The number of hydrogen-bond donors (Lipinski definition) is 1. The Morgan fingerprint density at radius 2 is 1.90 bits per heavy atom. The molecule has 2 heterocycles. The zero-order valence-electron chi connectivity index (χ0n) is 15.3. The summed E-state index contributed by atoms with van der Waals surface area (Å²) >= 11 is 1.28. The molecule has 8 heteroatoms. The van der Waals surface area contributed by atoms with Crippen molar-refractivity contribution < 1.29 is 13.9 Å². The van der Waals surface area contributed by atoms with Crippen molar-refractivity contribution in [2.75, 3.05) is 5.32 Å². The number of rotatable bonds is 7. The molecule has 2 aromatic carbocycles. The Kier molecular flexibility index (Phi) is 5.62. The zero-order chi connectivity index (χ0) is 20.1. The quantitative estimate of drug-likeness (QED) is 0.493. The lowest BCUT2D eigenvalue weighted by atomic mass is 10.2. The van der Waals surface area contributed by atoms with Gasteiger partial charge in [0.15, 0.2) is 11.6 Å². The van der Waals surface area contributed by atoms with Crippen molar-refractivity contribution in [2.24, 2.45) is 0 Å². The lowest BCUT2D eigenvalue weighted by Crippen LogP contribution is -2.12. The molecule has 0 spiro atoms. The first kappa shape index (κ1) is 18.8. The highest BCUT2D eigenvalue weighted by Gasteiger charge is 2.13. The van der Waals surface area contributed by atoms with Crippen LogP contribution in [0.2, 0.25) is 0 Å². The minimum atomic E-state index is -0.419. The Hall–Kier alpha value is -3.52. The van der Waals surface area contributed by atoms with E-state index in [1.807, 2.05) is 30.3 Å². The van der Waals surface area contributed by atoms with Gasteiger partial charge in [-0.15, -0.1) is 16.4 Å². The van der Waals surface area contributed by atoms with Crippen LogP contribution in [-0.2, 0) is 13.2 Å². The highest BCUT2D eigenvalue weighted by molar-refractivity contribution is 7.12. The number of nitrogens with zero attached hydrogens (tertiary/aromatic N) is 3. The molecule has 4 aromatic rings. The van der Waals surface area contributed by atoms with Crippen molar-refractivity contribution in [1.82, 2.24) is 14.8 Å². The maximum Gasteiger partial charge on any atom is 0.268 e. The molecule has 0 saturated carbocycles. The van der Waals surface area contributed by atoms with E-state index in [0.29, 0.717) is 11.4 Å². The fourth-order valence-electron chi connectivity index (χ4n) is 2.65. The monoisotopic (exact) mass is 408 g/mol. The summed E-state index contributed by atoms with van der Waals surface area (Å²) in [6, 6.07) is 17.8. The minimum absolute atomic E-state index is 0.175. The van der Waals surface area contributed by atoms with Crippen LogP contribution >= 0.6 is 11.3 Å². The van der Waals surface area contributed by atoms with Crippen molar-refractivity contribution in [2.45, 2.75) is 13.2 Å². The predicted octanol–water partition coefficient (Wildman–Crippen LogP) is 4.36. The van der Waals surface area contributed by atoms with Gasteiger partial charge in [-0.1, -0.05) is 42.5 Å². The number of hydrogen-bond acceptors (Lipinski definition) is 5. The number of nitrogens with one attached hydrogen (secondary N) is 1. The molecule has 0 bridgehead atoms. The van der Waals surface area contributed by atoms with Gasteiger partial charge in [0, 0.05) is 5.56 Å². The number of benzene rings is 2. The van der Waals surface area contributed by atoms with E-state index in [-0.39, 0.29) is 24.2 Å². The molecule has 0 unspecified atom stereocenters. The third-order valence-corrected chi connectivity index (χ3v) is 5.04. The van der Waals surface area contributed by atoms with Gasteiger partial charge in [-0.2, -0.15) is 0 Å². The first-order valence-corrected chi connectivity index (χ1v) is 9.75. The Bertz CT molecular complexity index is 1110. The van der Waals surface area contributed by atoms with Crippen LogP contribution in [0.4, 0.5) is 10.3 Å². The van der Waals surface area contributed by atoms with Gasteiger partial charge in [0.05, 0.1) is 11.4 Å². The van der Waals surface area contributed by atoms with Crippen LogP contribution in [0.25, 0.3) is 0 Å². The first-order chi connectivity index (χ1) is 14.2. The predicted molar refractivity (Wildman–Crippen MR) is 109 cm³/mol. The van der Waals surface area contributed by atoms with Gasteiger partial charge in [0.1, 0.15) is 12.9 Å². The fourth-order valence-corrected chi connectivity index (χ4v) is 3.45. The van der Waals surface area contributed by atoms with E-state index in [4.69, 9.17) is 4.74 Å². The summed E-state index contributed by atoms with van der Waals surface area (Å²) in [5.41, 5.74) is 1.87. The Morgan fingerprint density at radius 1 is 1.10 bits per heavy atom. The summed E-state index contributed by atoms with van der Waals surface area (Å²) < 4.78 is 20.7. The molecule has 0 aliphatic rings. The molecular weight excluding hydrogens is 391 g/mol. The maximum absolute atomic E-state index is 13.6. The summed E-state index contributed by atoms with van der Waals surface area (Å²) in [4.78, 5) is 17.1. The number of para-hydroxylation sites is 1. The van der Waals surface area contributed by atoms with Gasteiger partial charge in [-0.05, 0) is 29.1 Å². The molecule has 0 atom stereocenters. The van der Waals surface area contributed by atoms with Gasteiger partial charge < -0.3 is 4.74 Å². The molecule has 1 amide bonds. The largest absolute Gasteiger partial charge is 0.486 e. The molecule has 4 rings (SSSR count). The number of thiophene rings is 1.